The Morgan fingerprint density at radius 1 is 0.341 bits per heavy atom. The summed E-state index contributed by atoms with van der Waals surface area (Å²) in [4.78, 5) is 0. The van der Waals surface area contributed by atoms with Crippen molar-refractivity contribution in [2.24, 2.45) is 0 Å². The lowest BCUT2D eigenvalue weighted by atomic mass is 9.80. The van der Waals surface area contributed by atoms with Crippen molar-refractivity contribution < 1.29 is 0 Å². The molecule has 0 heterocycles. The topological polar surface area (TPSA) is 0 Å². The fourth-order valence-corrected chi connectivity index (χ4v) is 7.79. The Bertz CT molecular complexity index is 2330. The molecule has 0 spiro atoms. The SMILES string of the molecule is c1cc(-c2ccc3ccccc3c2)cc(-c2c3ccccc3c(-c3cc4c(c5ccccc35)CCCC4)c3ccccc23)c1. The van der Waals surface area contributed by atoms with Gasteiger partial charge in [-0.05, 0) is 125 Å². The van der Waals surface area contributed by atoms with Gasteiger partial charge in [-0.2, -0.15) is 0 Å². The molecular weight excluding hydrogens is 528 g/mol. The third-order valence-corrected chi connectivity index (χ3v) is 9.81. The van der Waals surface area contributed by atoms with Gasteiger partial charge in [0.15, 0.2) is 0 Å². The number of benzene rings is 8. The van der Waals surface area contributed by atoms with E-state index in [0.717, 1.165) is 0 Å². The molecule has 8 aromatic rings. The van der Waals surface area contributed by atoms with E-state index in [4.69, 9.17) is 0 Å². The van der Waals surface area contributed by atoms with Gasteiger partial charge >= 0.3 is 0 Å². The van der Waals surface area contributed by atoms with Crippen LogP contribution >= 0.6 is 0 Å². The Hall–Kier alpha value is -5.20. The van der Waals surface area contributed by atoms with Crippen LogP contribution in [-0.4, -0.2) is 0 Å². The molecule has 0 saturated carbocycles. The first-order valence-corrected chi connectivity index (χ1v) is 15.9. The first-order valence-electron chi connectivity index (χ1n) is 15.9. The van der Waals surface area contributed by atoms with Gasteiger partial charge in [-0.3, -0.25) is 0 Å². The van der Waals surface area contributed by atoms with E-state index in [1.807, 2.05) is 0 Å². The lowest BCUT2D eigenvalue weighted by molar-refractivity contribution is 0.690. The molecule has 8 aromatic carbocycles. The summed E-state index contributed by atoms with van der Waals surface area (Å²) in [6, 6.07) is 54.3. The molecule has 9 rings (SSSR count). The van der Waals surface area contributed by atoms with E-state index in [2.05, 4.69) is 146 Å². The standard InChI is InChI=1S/C44H32/c1-2-13-30-26-32(25-24-29(30)12-1)31-15-11-16-34(27-31)43-38-20-7-9-22-40(38)44(41-23-10-8-21-39(41)43)42-28-33-14-3-4-17-35(33)36-18-5-6-19-37(36)42/h1-2,5-13,15-16,18-28H,3-4,14,17H2. The summed E-state index contributed by atoms with van der Waals surface area (Å²) in [6.07, 6.45) is 4.92. The van der Waals surface area contributed by atoms with Gasteiger partial charge in [-0.15, -0.1) is 0 Å². The number of aryl methyl sites for hydroxylation is 2. The molecule has 0 amide bonds. The number of hydrogen-bond donors (Lipinski definition) is 0. The minimum absolute atomic E-state index is 1.17. The summed E-state index contributed by atoms with van der Waals surface area (Å²) in [7, 11) is 0. The molecule has 0 unspecified atom stereocenters. The number of hydrogen-bond acceptors (Lipinski definition) is 0. The molecule has 0 N–H and O–H groups in total. The molecule has 208 valence electrons. The van der Waals surface area contributed by atoms with Crippen LogP contribution < -0.4 is 0 Å². The van der Waals surface area contributed by atoms with Crippen LogP contribution in [0.25, 0.3) is 76.5 Å². The molecule has 0 saturated heterocycles. The normalized spacial score (nSPS) is 13.1. The Labute approximate surface area is 258 Å². The van der Waals surface area contributed by atoms with Crippen molar-refractivity contribution in [1.82, 2.24) is 0 Å². The van der Waals surface area contributed by atoms with Crippen LogP contribution in [0.3, 0.4) is 0 Å². The molecule has 0 bridgehead atoms. The van der Waals surface area contributed by atoms with Gasteiger partial charge < -0.3 is 0 Å². The Kier molecular flexibility index (Phi) is 5.87. The first-order chi connectivity index (χ1) is 21.8. The van der Waals surface area contributed by atoms with Crippen LogP contribution in [0.1, 0.15) is 24.0 Å². The van der Waals surface area contributed by atoms with E-state index in [1.54, 1.807) is 5.56 Å². The summed E-state index contributed by atoms with van der Waals surface area (Å²) in [5.41, 5.74) is 10.9. The minimum Gasteiger partial charge on any atom is -0.0616 e. The smallest absolute Gasteiger partial charge is 0.00200 e. The summed E-state index contributed by atoms with van der Waals surface area (Å²) < 4.78 is 0. The fourth-order valence-electron chi connectivity index (χ4n) is 7.79. The highest BCUT2D eigenvalue weighted by Gasteiger charge is 2.21. The van der Waals surface area contributed by atoms with E-state index in [0.29, 0.717) is 0 Å². The summed E-state index contributed by atoms with van der Waals surface area (Å²) in [5.74, 6) is 0. The largest absolute Gasteiger partial charge is 0.0616 e. The van der Waals surface area contributed by atoms with E-state index in [1.165, 1.54) is 108 Å². The van der Waals surface area contributed by atoms with Crippen LogP contribution in [0.15, 0.2) is 146 Å². The van der Waals surface area contributed by atoms with Gasteiger partial charge in [-0.1, -0.05) is 133 Å². The van der Waals surface area contributed by atoms with Gasteiger partial charge in [0.1, 0.15) is 0 Å². The molecule has 1 aliphatic carbocycles. The zero-order valence-electron chi connectivity index (χ0n) is 24.7. The van der Waals surface area contributed by atoms with Crippen molar-refractivity contribution in [2.45, 2.75) is 25.7 Å². The maximum atomic E-state index is 2.53. The average molecular weight is 561 g/mol. The molecule has 0 aromatic heterocycles. The Morgan fingerprint density at radius 3 is 1.66 bits per heavy atom. The van der Waals surface area contributed by atoms with Gasteiger partial charge in [0.2, 0.25) is 0 Å². The molecule has 0 heteroatoms. The quantitative estimate of drug-likeness (QED) is 0.189. The van der Waals surface area contributed by atoms with Gasteiger partial charge in [0.25, 0.3) is 0 Å². The van der Waals surface area contributed by atoms with Crippen molar-refractivity contribution in [1.29, 1.82) is 0 Å². The minimum atomic E-state index is 1.17. The van der Waals surface area contributed by atoms with E-state index >= 15 is 0 Å². The lowest BCUT2D eigenvalue weighted by Crippen LogP contribution is -2.04. The predicted molar refractivity (Wildman–Crippen MR) is 189 cm³/mol. The molecule has 0 aliphatic heterocycles. The third-order valence-electron chi connectivity index (χ3n) is 9.81. The van der Waals surface area contributed by atoms with Gasteiger partial charge in [0, 0.05) is 0 Å². The maximum Gasteiger partial charge on any atom is -0.00200 e. The van der Waals surface area contributed by atoms with Crippen LogP contribution in [0.5, 0.6) is 0 Å². The Morgan fingerprint density at radius 2 is 0.909 bits per heavy atom. The predicted octanol–water partition coefficient (Wildman–Crippen LogP) is 12.2. The highest BCUT2D eigenvalue weighted by Crippen LogP contribution is 2.47. The Balaban J connectivity index is 1.33. The number of fused-ring (bicyclic) bond motifs is 6. The van der Waals surface area contributed by atoms with Crippen molar-refractivity contribution in [3.63, 3.8) is 0 Å². The first kappa shape index (κ1) is 25.3. The number of rotatable bonds is 3. The van der Waals surface area contributed by atoms with Gasteiger partial charge in [0.05, 0.1) is 0 Å². The molecule has 1 aliphatic rings. The monoisotopic (exact) mass is 560 g/mol. The fraction of sp³-hybridized carbons (Fsp3) is 0.0909. The second-order valence-corrected chi connectivity index (χ2v) is 12.3. The third kappa shape index (κ3) is 3.98. The molecule has 0 atom stereocenters. The van der Waals surface area contributed by atoms with Crippen LogP contribution in [-0.2, 0) is 12.8 Å². The van der Waals surface area contributed by atoms with E-state index in [-0.39, 0.29) is 0 Å². The molecule has 0 fully saturated rings. The molecular formula is C44H32. The second-order valence-electron chi connectivity index (χ2n) is 12.3. The summed E-state index contributed by atoms with van der Waals surface area (Å²) in [6.45, 7) is 0. The molecule has 0 nitrogen and oxygen atoms in total. The van der Waals surface area contributed by atoms with Crippen LogP contribution in [0, 0.1) is 0 Å². The van der Waals surface area contributed by atoms with Crippen molar-refractivity contribution >= 4 is 43.1 Å². The maximum absolute atomic E-state index is 2.53. The van der Waals surface area contributed by atoms with Gasteiger partial charge in [-0.25, -0.2) is 0 Å². The second kappa shape index (κ2) is 10.2. The van der Waals surface area contributed by atoms with Crippen molar-refractivity contribution in [3.8, 4) is 33.4 Å². The zero-order chi connectivity index (χ0) is 29.0. The van der Waals surface area contributed by atoms with Crippen LogP contribution in [0.4, 0.5) is 0 Å². The van der Waals surface area contributed by atoms with Crippen molar-refractivity contribution in [2.75, 3.05) is 0 Å². The molecule has 0 radical (unpaired) electrons. The molecule has 44 heavy (non-hydrogen) atoms. The van der Waals surface area contributed by atoms with Crippen molar-refractivity contribution in [3.05, 3.63) is 157 Å². The highest BCUT2D eigenvalue weighted by atomic mass is 14.2. The average Bonchev–Trinajstić information content (AvgIpc) is 3.10. The summed E-state index contributed by atoms with van der Waals surface area (Å²) in [5, 5.41) is 10.6. The van der Waals surface area contributed by atoms with Crippen LogP contribution in [0.2, 0.25) is 0 Å². The summed E-state index contributed by atoms with van der Waals surface area (Å²) >= 11 is 0. The van der Waals surface area contributed by atoms with E-state index in [9.17, 15) is 0 Å². The highest BCUT2D eigenvalue weighted by molar-refractivity contribution is 6.23. The lowest BCUT2D eigenvalue weighted by Gasteiger charge is -2.23. The van der Waals surface area contributed by atoms with E-state index < -0.39 is 0 Å². The zero-order valence-corrected chi connectivity index (χ0v) is 24.7.